The Balaban J connectivity index is 2.53. The van der Waals surface area contributed by atoms with Gasteiger partial charge in [0, 0.05) is 11.6 Å². The predicted octanol–water partition coefficient (Wildman–Crippen LogP) is 1.66. The molecule has 70 valence electrons. The molecular formula is C12H13N2+. The van der Waals surface area contributed by atoms with Gasteiger partial charge in [-0.05, 0) is 18.1 Å². The van der Waals surface area contributed by atoms with Crippen molar-refractivity contribution in [3.05, 3.63) is 54.4 Å². The molecule has 0 unspecified atom stereocenters. The van der Waals surface area contributed by atoms with Crippen LogP contribution in [-0.2, 0) is 0 Å². The number of benzene rings is 1. The van der Waals surface area contributed by atoms with E-state index in [4.69, 9.17) is 5.84 Å². The first-order valence-corrected chi connectivity index (χ1v) is 4.60. The second-order valence-electron chi connectivity index (χ2n) is 3.35. The fraction of sp³-hybridized carbons (Fsp3) is 0.0833. The summed E-state index contributed by atoms with van der Waals surface area (Å²) < 4.78 is 1.57. The second-order valence-corrected chi connectivity index (χ2v) is 3.35. The number of hydrogen-bond acceptors (Lipinski definition) is 1. The third-order valence-corrected chi connectivity index (χ3v) is 2.27. The lowest BCUT2D eigenvalue weighted by Gasteiger charge is -2.02. The lowest BCUT2D eigenvalue weighted by molar-refractivity contribution is -0.639. The number of rotatable bonds is 1. The molecule has 0 atom stereocenters. The second kappa shape index (κ2) is 3.50. The summed E-state index contributed by atoms with van der Waals surface area (Å²) in [5, 5.41) is 0. The number of aromatic nitrogens is 1. The van der Waals surface area contributed by atoms with Gasteiger partial charge in [-0.2, -0.15) is 0 Å². The van der Waals surface area contributed by atoms with E-state index in [2.05, 4.69) is 19.1 Å². The molecule has 0 aliphatic carbocycles. The molecule has 2 rings (SSSR count). The molecule has 0 saturated heterocycles. The molecule has 1 heterocycles. The van der Waals surface area contributed by atoms with Crippen LogP contribution in [0.15, 0.2) is 48.8 Å². The summed E-state index contributed by atoms with van der Waals surface area (Å²) in [5.74, 6) is 5.62. The summed E-state index contributed by atoms with van der Waals surface area (Å²) in [6.07, 6.45) is 3.78. The summed E-state index contributed by atoms with van der Waals surface area (Å²) in [5.41, 5.74) is 3.64. The molecule has 0 radical (unpaired) electrons. The Hall–Kier alpha value is -1.83. The quantitative estimate of drug-likeness (QED) is 0.531. The minimum absolute atomic E-state index is 1.18. The number of nitrogens with zero attached hydrogens (tertiary/aromatic N) is 1. The van der Waals surface area contributed by atoms with E-state index < -0.39 is 0 Å². The Morgan fingerprint density at radius 1 is 1.07 bits per heavy atom. The third kappa shape index (κ3) is 1.59. The van der Waals surface area contributed by atoms with Crippen LogP contribution >= 0.6 is 0 Å². The molecule has 0 spiro atoms. The van der Waals surface area contributed by atoms with E-state index in [-0.39, 0.29) is 0 Å². The van der Waals surface area contributed by atoms with E-state index in [0.29, 0.717) is 0 Å². The van der Waals surface area contributed by atoms with Crippen LogP contribution in [0, 0.1) is 6.92 Å². The van der Waals surface area contributed by atoms with Crippen molar-refractivity contribution in [2.75, 3.05) is 5.84 Å². The predicted molar refractivity (Wildman–Crippen MR) is 57.0 cm³/mol. The molecule has 2 aromatic rings. The van der Waals surface area contributed by atoms with Gasteiger partial charge in [0.1, 0.15) is 0 Å². The van der Waals surface area contributed by atoms with Crippen molar-refractivity contribution in [2.45, 2.75) is 6.92 Å². The van der Waals surface area contributed by atoms with Crippen molar-refractivity contribution >= 4 is 0 Å². The number of aryl methyl sites for hydroxylation is 1. The average molecular weight is 185 g/mol. The number of nitrogens with two attached hydrogens (primary N) is 1. The molecule has 0 fully saturated rings. The van der Waals surface area contributed by atoms with E-state index >= 15 is 0 Å². The highest BCUT2D eigenvalue weighted by Gasteiger charge is 2.04. The molecular weight excluding hydrogens is 172 g/mol. The van der Waals surface area contributed by atoms with E-state index in [9.17, 15) is 0 Å². The zero-order valence-corrected chi connectivity index (χ0v) is 8.14. The average Bonchev–Trinajstić information content (AvgIpc) is 2.19. The maximum Gasteiger partial charge on any atom is 0.202 e. The Morgan fingerprint density at radius 2 is 1.79 bits per heavy atom. The Kier molecular flexibility index (Phi) is 2.19. The van der Waals surface area contributed by atoms with Crippen molar-refractivity contribution in [3.63, 3.8) is 0 Å². The minimum Gasteiger partial charge on any atom is -0.205 e. The molecule has 2 N–H and O–H groups in total. The van der Waals surface area contributed by atoms with Crippen molar-refractivity contribution < 1.29 is 4.68 Å². The zero-order valence-electron chi connectivity index (χ0n) is 8.14. The Morgan fingerprint density at radius 3 is 2.43 bits per heavy atom. The number of nitrogen functional groups attached to an aromatic ring is 1. The normalized spacial score (nSPS) is 10.1. The van der Waals surface area contributed by atoms with Crippen LogP contribution in [-0.4, -0.2) is 0 Å². The molecule has 2 nitrogen and oxygen atoms in total. The maximum absolute atomic E-state index is 5.62. The summed E-state index contributed by atoms with van der Waals surface area (Å²) in [4.78, 5) is 0. The van der Waals surface area contributed by atoms with E-state index in [0.717, 1.165) is 0 Å². The molecule has 14 heavy (non-hydrogen) atoms. The van der Waals surface area contributed by atoms with Crippen LogP contribution in [0.1, 0.15) is 5.56 Å². The van der Waals surface area contributed by atoms with Crippen LogP contribution < -0.4 is 10.5 Å². The van der Waals surface area contributed by atoms with E-state index in [1.54, 1.807) is 4.68 Å². The summed E-state index contributed by atoms with van der Waals surface area (Å²) in [6.45, 7) is 2.06. The van der Waals surface area contributed by atoms with Crippen LogP contribution in [0.5, 0.6) is 0 Å². The maximum atomic E-state index is 5.62. The van der Waals surface area contributed by atoms with Gasteiger partial charge in [-0.1, -0.05) is 35.0 Å². The van der Waals surface area contributed by atoms with Crippen LogP contribution in [0.2, 0.25) is 0 Å². The monoisotopic (exact) mass is 185 g/mol. The fourth-order valence-electron chi connectivity index (χ4n) is 1.57. The van der Waals surface area contributed by atoms with Crippen molar-refractivity contribution in [1.29, 1.82) is 0 Å². The first-order chi connectivity index (χ1) is 6.77. The lowest BCUT2D eigenvalue weighted by atomic mass is 10.0. The SMILES string of the molecule is Cc1c[n+](N)ccc1-c1ccccc1. The first-order valence-electron chi connectivity index (χ1n) is 4.60. The zero-order chi connectivity index (χ0) is 9.97. The molecule has 0 aliphatic rings. The highest BCUT2D eigenvalue weighted by Crippen LogP contribution is 2.20. The van der Waals surface area contributed by atoms with Gasteiger partial charge in [-0.3, -0.25) is 0 Å². The fourth-order valence-corrected chi connectivity index (χ4v) is 1.57. The molecule has 0 amide bonds. The van der Waals surface area contributed by atoms with Gasteiger partial charge in [0.2, 0.25) is 6.20 Å². The van der Waals surface area contributed by atoms with Gasteiger partial charge in [-0.15, -0.1) is 0 Å². The highest BCUT2D eigenvalue weighted by atomic mass is 15.3. The molecule has 0 saturated carbocycles. The summed E-state index contributed by atoms with van der Waals surface area (Å²) in [6, 6.07) is 12.3. The van der Waals surface area contributed by atoms with Crippen LogP contribution in [0.4, 0.5) is 0 Å². The largest absolute Gasteiger partial charge is 0.205 e. The molecule has 1 aromatic carbocycles. The molecule has 1 aromatic heterocycles. The van der Waals surface area contributed by atoms with Crippen LogP contribution in [0.25, 0.3) is 11.1 Å². The van der Waals surface area contributed by atoms with Gasteiger partial charge >= 0.3 is 0 Å². The van der Waals surface area contributed by atoms with Gasteiger partial charge in [0.15, 0.2) is 6.20 Å². The van der Waals surface area contributed by atoms with Crippen molar-refractivity contribution in [3.8, 4) is 11.1 Å². The van der Waals surface area contributed by atoms with Gasteiger partial charge < -0.3 is 0 Å². The number of pyridine rings is 1. The van der Waals surface area contributed by atoms with Crippen molar-refractivity contribution in [2.24, 2.45) is 0 Å². The summed E-state index contributed by atoms with van der Waals surface area (Å²) in [7, 11) is 0. The van der Waals surface area contributed by atoms with E-state index in [1.807, 2.05) is 36.7 Å². The smallest absolute Gasteiger partial charge is 0.202 e. The molecule has 0 bridgehead atoms. The summed E-state index contributed by atoms with van der Waals surface area (Å²) >= 11 is 0. The molecule has 2 heteroatoms. The van der Waals surface area contributed by atoms with Gasteiger partial charge in [0.25, 0.3) is 0 Å². The lowest BCUT2D eigenvalue weighted by Crippen LogP contribution is -2.43. The van der Waals surface area contributed by atoms with Gasteiger partial charge in [-0.25, -0.2) is 5.84 Å². The Bertz CT molecular complexity index is 435. The highest BCUT2D eigenvalue weighted by molar-refractivity contribution is 5.65. The van der Waals surface area contributed by atoms with Crippen LogP contribution in [0.3, 0.4) is 0 Å². The van der Waals surface area contributed by atoms with Crippen molar-refractivity contribution in [1.82, 2.24) is 0 Å². The Labute approximate surface area is 83.6 Å². The standard InChI is InChI=1S/C12H13N2/c1-10-9-14(13)8-7-12(10)11-5-3-2-4-6-11/h2-9H,13H2,1H3/q+1. The topological polar surface area (TPSA) is 29.9 Å². The van der Waals surface area contributed by atoms with E-state index in [1.165, 1.54) is 16.7 Å². The molecule has 0 aliphatic heterocycles. The first kappa shape index (κ1) is 8.75. The van der Waals surface area contributed by atoms with Gasteiger partial charge in [0.05, 0.1) is 0 Å². The third-order valence-electron chi connectivity index (χ3n) is 2.27. The number of hydrogen-bond donors (Lipinski definition) is 1. The minimum atomic E-state index is 1.18.